The van der Waals surface area contributed by atoms with Crippen LogP contribution in [0.3, 0.4) is 0 Å². The van der Waals surface area contributed by atoms with Gasteiger partial charge in [0, 0.05) is 31.7 Å². The van der Waals surface area contributed by atoms with E-state index in [1.54, 1.807) is 0 Å². The first-order valence-electron chi connectivity index (χ1n) is 12.6. The predicted molar refractivity (Wildman–Crippen MR) is 142 cm³/mol. The number of rotatable bonds is 9. The van der Waals surface area contributed by atoms with Gasteiger partial charge in [-0.1, -0.05) is 27.2 Å². The average molecular weight is 536 g/mol. The third-order valence-corrected chi connectivity index (χ3v) is 7.98. The van der Waals surface area contributed by atoms with Crippen LogP contribution in [-0.4, -0.2) is 60.0 Å². The number of sulfonamides is 1. The molecule has 0 radical (unpaired) electrons. The zero-order valence-electron chi connectivity index (χ0n) is 22.1. The number of ether oxygens (including phenoxy) is 1. The van der Waals surface area contributed by atoms with Crippen molar-refractivity contribution in [2.75, 3.05) is 30.3 Å². The minimum atomic E-state index is -3.78. The largest absolute Gasteiger partial charge is 0.383 e. The van der Waals surface area contributed by atoms with Crippen molar-refractivity contribution in [2.45, 2.75) is 71.1 Å². The van der Waals surface area contributed by atoms with Crippen molar-refractivity contribution in [1.29, 1.82) is 0 Å². The van der Waals surface area contributed by atoms with Crippen molar-refractivity contribution >= 4 is 27.4 Å². The topological polar surface area (TPSA) is 148 Å². The number of nitrogens with two attached hydrogens (primary N) is 1. The van der Waals surface area contributed by atoms with Gasteiger partial charge >= 0.3 is 5.69 Å². The van der Waals surface area contributed by atoms with Gasteiger partial charge in [0.05, 0.1) is 17.1 Å². The minimum absolute atomic E-state index is 0.0243. The van der Waals surface area contributed by atoms with Crippen LogP contribution in [0.15, 0.2) is 38.8 Å². The zero-order chi connectivity index (χ0) is 27.5. The van der Waals surface area contributed by atoms with E-state index in [9.17, 15) is 22.8 Å². The first-order chi connectivity index (χ1) is 17.4. The molecule has 37 heavy (non-hydrogen) atoms. The van der Waals surface area contributed by atoms with Crippen LogP contribution in [-0.2, 0) is 21.3 Å². The standard InChI is InChI=1S/C25H37N5O6S/c1-6-7-12-29-22(26)21(23(31)27-25(29)33)30(13-16(2)3)24(32)19-8-10-20(11-9-19)37(34,35)28-14-17(4)36-18(5)15-28/h8-11,16-18H,6-7,12-15,26H2,1-5H3,(H,27,31,33)/t17-,18-/m1/s1. The second-order valence-electron chi connectivity index (χ2n) is 9.91. The molecule has 1 aromatic carbocycles. The van der Waals surface area contributed by atoms with E-state index in [-0.39, 0.29) is 59.7 Å². The molecule has 0 bridgehead atoms. The van der Waals surface area contributed by atoms with Gasteiger partial charge < -0.3 is 15.4 Å². The van der Waals surface area contributed by atoms with Gasteiger partial charge in [0.15, 0.2) is 5.69 Å². The van der Waals surface area contributed by atoms with Crippen molar-refractivity contribution in [2.24, 2.45) is 5.92 Å². The lowest BCUT2D eigenvalue weighted by Crippen LogP contribution is -2.48. The highest BCUT2D eigenvalue weighted by Gasteiger charge is 2.33. The molecule has 2 aromatic rings. The Kier molecular flexibility index (Phi) is 8.98. The van der Waals surface area contributed by atoms with Gasteiger partial charge in [-0.05, 0) is 50.5 Å². The Bertz CT molecular complexity index is 1320. The maximum atomic E-state index is 13.6. The second kappa shape index (κ2) is 11.6. The van der Waals surface area contributed by atoms with Crippen LogP contribution < -0.4 is 21.9 Å². The van der Waals surface area contributed by atoms with Gasteiger partial charge in [0.25, 0.3) is 11.5 Å². The van der Waals surface area contributed by atoms with Gasteiger partial charge in [0.1, 0.15) is 5.82 Å². The predicted octanol–water partition coefficient (Wildman–Crippen LogP) is 2.02. The number of nitrogen functional groups attached to an aromatic ring is 1. The molecule has 1 saturated heterocycles. The fourth-order valence-electron chi connectivity index (χ4n) is 4.42. The number of hydrogen-bond donors (Lipinski definition) is 2. The molecule has 1 fully saturated rings. The van der Waals surface area contributed by atoms with E-state index >= 15 is 0 Å². The van der Waals surface area contributed by atoms with E-state index in [1.807, 2.05) is 34.6 Å². The summed E-state index contributed by atoms with van der Waals surface area (Å²) in [4.78, 5) is 42.4. The third-order valence-electron chi connectivity index (χ3n) is 6.14. The van der Waals surface area contributed by atoms with Crippen LogP contribution in [0.5, 0.6) is 0 Å². The maximum Gasteiger partial charge on any atom is 0.330 e. The highest BCUT2D eigenvalue weighted by molar-refractivity contribution is 7.89. The maximum absolute atomic E-state index is 13.6. The van der Waals surface area contributed by atoms with E-state index in [2.05, 4.69) is 4.98 Å². The molecule has 3 N–H and O–H groups in total. The summed E-state index contributed by atoms with van der Waals surface area (Å²) in [5.41, 5.74) is 4.97. The molecule has 0 unspecified atom stereocenters. The minimum Gasteiger partial charge on any atom is -0.383 e. The molecule has 1 aliphatic heterocycles. The van der Waals surface area contributed by atoms with E-state index in [1.165, 1.54) is 38.0 Å². The molecule has 11 nitrogen and oxygen atoms in total. The van der Waals surface area contributed by atoms with Crippen molar-refractivity contribution < 1.29 is 17.9 Å². The van der Waals surface area contributed by atoms with Gasteiger partial charge in [-0.15, -0.1) is 0 Å². The zero-order valence-corrected chi connectivity index (χ0v) is 22.9. The number of nitrogens with one attached hydrogen (secondary N) is 1. The smallest absolute Gasteiger partial charge is 0.330 e. The number of aromatic amines is 1. The van der Waals surface area contributed by atoms with E-state index < -0.39 is 27.2 Å². The van der Waals surface area contributed by atoms with Gasteiger partial charge in [-0.25, -0.2) is 13.2 Å². The SMILES string of the molecule is CCCCn1c(N)c(N(CC(C)C)C(=O)c2ccc(S(=O)(=O)N3C[C@@H](C)O[C@H](C)C3)cc2)c(=O)[nH]c1=O. The summed E-state index contributed by atoms with van der Waals surface area (Å²) in [7, 11) is -3.78. The van der Waals surface area contributed by atoms with E-state index in [0.717, 1.165) is 6.42 Å². The number of anilines is 2. The van der Waals surface area contributed by atoms with Crippen molar-refractivity contribution in [3.05, 3.63) is 50.7 Å². The summed E-state index contributed by atoms with van der Waals surface area (Å²) >= 11 is 0. The average Bonchev–Trinajstić information content (AvgIpc) is 2.82. The molecular formula is C25H37N5O6S. The van der Waals surface area contributed by atoms with Gasteiger partial charge in [-0.3, -0.25) is 19.1 Å². The number of H-pyrrole nitrogens is 1. The number of aromatic nitrogens is 2. The van der Waals surface area contributed by atoms with Crippen LogP contribution >= 0.6 is 0 Å². The molecule has 12 heteroatoms. The number of nitrogens with zero attached hydrogens (tertiary/aromatic N) is 3. The molecule has 0 spiro atoms. The molecule has 1 amide bonds. The number of amides is 1. The number of benzene rings is 1. The first-order valence-corrected chi connectivity index (χ1v) is 14.0. The Morgan fingerprint density at radius 2 is 1.76 bits per heavy atom. The molecule has 1 aromatic heterocycles. The number of carbonyl (C=O) groups is 1. The molecule has 204 valence electrons. The van der Waals surface area contributed by atoms with Crippen molar-refractivity contribution in [3.8, 4) is 0 Å². The molecule has 0 aliphatic carbocycles. The fourth-order valence-corrected chi connectivity index (χ4v) is 6.01. The monoisotopic (exact) mass is 535 g/mol. The Labute approximate surface area is 217 Å². The molecule has 2 atom stereocenters. The van der Waals surface area contributed by atoms with Crippen molar-refractivity contribution in [3.63, 3.8) is 0 Å². The third kappa shape index (κ3) is 6.31. The van der Waals surface area contributed by atoms with Crippen LogP contribution in [0, 0.1) is 5.92 Å². The summed E-state index contributed by atoms with van der Waals surface area (Å²) in [5, 5.41) is 0. The lowest BCUT2D eigenvalue weighted by Gasteiger charge is -2.34. The summed E-state index contributed by atoms with van der Waals surface area (Å²) in [6, 6.07) is 5.62. The Hall–Kier alpha value is -2.96. The fraction of sp³-hybridized carbons (Fsp3) is 0.560. The summed E-state index contributed by atoms with van der Waals surface area (Å²) < 4.78 is 34.7. The van der Waals surface area contributed by atoms with Crippen LogP contribution in [0.2, 0.25) is 0 Å². The molecule has 3 rings (SSSR count). The quantitative estimate of drug-likeness (QED) is 0.499. The number of unbranched alkanes of at least 4 members (excludes halogenated alkanes) is 1. The summed E-state index contributed by atoms with van der Waals surface area (Å²) in [5.74, 6) is -0.626. The number of carbonyl (C=O) groups excluding carboxylic acids is 1. The molecule has 2 heterocycles. The molecule has 1 aliphatic rings. The normalized spacial score (nSPS) is 18.8. The number of morpholine rings is 1. The van der Waals surface area contributed by atoms with E-state index in [4.69, 9.17) is 10.5 Å². The Balaban J connectivity index is 1.98. The molecular weight excluding hydrogens is 498 g/mol. The first kappa shape index (κ1) is 28.6. The summed E-state index contributed by atoms with van der Waals surface area (Å²) in [6.07, 6.45) is 1.03. The number of hydrogen-bond acceptors (Lipinski definition) is 7. The van der Waals surface area contributed by atoms with Crippen LogP contribution in [0.25, 0.3) is 0 Å². The Morgan fingerprint density at radius 3 is 2.30 bits per heavy atom. The highest BCUT2D eigenvalue weighted by Crippen LogP contribution is 2.24. The highest BCUT2D eigenvalue weighted by atomic mass is 32.2. The second-order valence-corrected chi connectivity index (χ2v) is 11.8. The van der Waals surface area contributed by atoms with E-state index in [0.29, 0.717) is 13.0 Å². The van der Waals surface area contributed by atoms with Gasteiger partial charge in [-0.2, -0.15) is 4.31 Å². The van der Waals surface area contributed by atoms with Crippen molar-refractivity contribution in [1.82, 2.24) is 13.9 Å². The lowest BCUT2D eigenvalue weighted by atomic mass is 10.1. The summed E-state index contributed by atoms with van der Waals surface area (Å²) in [6.45, 7) is 10.3. The lowest BCUT2D eigenvalue weighted by molar-refractivity contribution is -0.0440. The van der Waals surface area contributed by atoms with Crippen LogP contribution in [0.1, 0.15) is 57.8 Å². The molecule has 0 saturated carbocycles. The van der Waals surface area contributed by atoms with Crippen LogP contribution in [0.4, 0.5) is 11.5 Å². The van der Waals surface area contributed by atoms with Gasteiger partial charge in [0.2, 0.25) is 10.0 Å². The Morgan fingerprint density at radius 1 is 1.16 bits per heavy atom.